The van der Waals surface area contributed by atoms with Crippen LogP contribution in [0.25, 0.3) is 6.08 Å². The second-order valence-corrected chi connectivity index (χ2v) is 5.27. The lowest BCUT2D eigenvalue weighted by atomic mass is 9.93. The second-order valence-electron chi connectivity index (χ2n) is 4.48. The van der Waals surface area contributed by atoms with Gasteiger partial charge in [0.15, 0.2) is 0 Å². The van der Waals surface area contributed by atoms with E-state index in [9.17, 15) is 0 Å². The molecule has 1 aromatic rings. The van der Waals surface area contributed by atoms with Gasteiger partial charge in [0.2, 0.25) is 0 Å². The van der Waals surface area contributed by atoms with Gasteiger partial charge >= 0.3 is 0 Å². The molecule has 0 fully saturated rings. The number of hydrogen-bond donors (Lipinski definition) is 0. The van der Waals surface area contributed by atoms with Crippen LogP contribution in [0.1, 0.15) is 34.7 Å². The Bertz CT molecular complexity index is 427. The standard InChI is InChI=1S/C14H17Br/c1-9-6-12-8-10(2)11(3)13(4-5-15)14(12)7-9/h7-8H,4-6H2,1-3H3. The number of benzene rings is 1. The average Bonchev–Trinajstić information content (AvgIpc) is 2.53. The molecule has 0 spiro atoms. The fourth-order valence-corrected chi connectivity index (χ4v) is 2.82. The minimum absolute atomic E-state index is 1.05. The van der Waals surface area contributed by atoms with E-state index in [0.717, 1.165) is 18.2 Å². The second kappa shape index (κ2) is 4.13. The van der Waals surface area contributed by atoms with E-state index in [-0.39, 0.29) is 0 Å². The Morgan fingerprint density at radius 3 is 2.67 bits per heavy atom. The minimum atomic E-state index is 1.05. The molecule has 2 rings (SSSR count). The van der Waals surface area contributed by atoms with Crippen LogP contribution in [0.4, 0.5) is 0 Å². The maximum atomic E-state index is 3.55. The van der Waals surface area contributed by atoms with Gasteiger partial charge in [0, 0.05) is 5.33 Å². The monoisotopic (exact) mass is 264 g/mol. The molecule has 80 valence electrons. The van der Waals surface area contributed by atoms with Crippen molar-refractivity contribution in [3.05, 3.63) is 39.5 Å². The van der Waals surface area contributed by atoms with Gasteiger partial charge in [0.05, 0.1) is 0 Å². The zero-order valence-electron chi connectivity index (χ0n) is 9.65. The van der Waals surface area contributed by atoms with Crippen LogP contribution < -0.4 is 0 Å². The van der Waals surface area contributed by atoms with Crippen LogP contribution in [0.3, 0.4) is 0 Å². The highest BCUT2D eigenvalue weighted by Gasteiger charge is 2.16. The highest BCUT2D eigenvalue weighted by Crippen LogP contribution is 2.32. The van der Waals surface area contributed by atoms with Crippen molar-refractivity contribution in [2.75, 3.05) is 5.33 Å². The van der Waals surface area contributed by atoms with Crippen LogP contribution in [0.5, 0.6) is 0 Å². The van der Waals surface area contributed by atoms with Crippen molar-refractivity contribution in [3.8, 4) is 0 Å². The van der Waals surface area contributed by atoms with Gasteiger partial charge in [0.1, 0.15) is 0 Å². The first-order valence-corrected chi connectivity index (χ1v) is 6.60. The lowest BCUT2D eigenvalue weighted by Crippen LogP contribution is -1.99. The first-order valence-electron chi connectivity index (χ1n) is 5.48. The highest BCUT2D eigenvalue weighted by molar-refractivity contribution is 9.09. The van der Waals surface area contributed by atoms with E-state index in [1.54, 1.807) is 5.56 Å². The van der Waals surface area contributed by atoms with E-state index in [4.69, 9.17) is 0 Å². The number of halogens is 1. The van der Waals surface area contributed by atoms with Gasteiger partial charge in [0.25, 0.3) is 0 Å². The third kappa shape index (κ3) is 1.90. The minimum Gasteiger partial charge on any atom is -0.0924 e. The number of fused-ring (bicyclic) bond motifs is 1. The van der Waals surface area contributed by atoms with Crippen molar-refractivity contribution < 1.29 is 0 Å². The zero-order chi connectivity index (χ0) is 11.0. The predicted octanol–water partition coefficient (Wildman–Crippen LogP) is 4.20. The van der Waals surface area contributed by atoms with E-state index in [1.807, 2.05) is 0 Å². The van der Waals surface area contributed by atoms with Gasteiger partial charge in [-0.05, 0) is 61.4 Å². The van der Waals surface area contributed by atoms with E-state index in [0.29, 0.717) is 0 Å². The Labute approximate surface area is 101 Å². The number of hydrogen-bond acceptors (Lipinski definition) is 0. The molecule has 1 aliphatic carbocycles. The van der Waals surface area contributed by atoms with Gasteiger partial charge in [-0.2, -0.15) is 0 Å². The fourth-order valence-electron chi connectivity index (χ4n) is 2.42. The summed E-state index contributed by atoms with van der Waals surface area (Å²) >= 11 is 3.55. The average molecular weight is 265 g/mol. The molecule has 0 atom stereocenters. The summed E-state index contributed by atoms with van der Waals surface area (Å²) in [6, 6.07) is 2.36. The smallest absolute Gasteiger partial charge is 0.00721 e. The van der Waals surface area contributed by atoms with Crippen LogP contribution in [0.2, 0.25) is 0 Å². The molecule has 1 aliphatic rings. The van der Waals surface area contributed by atoms with Crippen molar-refractivity contribution in [3.63, 3.8) is 0 Å². The van der Waals surface area contributed by atoms with Gasteiger partial charge < -0.3 is 0 Å². The molecule has 0 nitrogen and oxygen atoms in total. The van der Waals surface area contributed by atoms with Crippen LogP contribution in [-0.2, 0) is 12.8 Å². The molecule has 0 N–H and O–H groups in total. The van der Waals surface area contributed by atoms with Gasteiger partial charge in [-0.25, -0.2) is 0 Å². The molecule has 0 unspecified atom stereocenters. The van der Waals surface area contributed by atoms with Crippen molar-refractivity contribution >= 4 is 22.0 Å². The number of aryl methyl sites for hydroxylation is 1. The molecule has 1 heteroatoms. The van der Waals surface area contributed by atoms with Gasteiger partial charge in [-0.3, -0.25) is 0 Å². The molecule has 0 aliphatic heterocycles. The first kappa shape index (κ1) is 10.9. The lowest BCUT2D eigenvalue weighted by molar-refractivity contribution is 1.08. The van der Waals surface area contributed by atoms with E-state index >= 15 is 0 Å². The molecule has 15 heavy (non-hydrogen) atoms. The third-order valence-corrected chi connectivity index (χ3v) is 3.71. The molecule has 1 aromatic carbocycles. The Morgan fingerprint density at radius 1 is 1.27 bits per heavy atom. The Hall–Kier alpha value is -0.560. The number of allylic oxidation sites excluding steroid dienone is 1. The molecule has 0 amide bonds. The Balaban J connectivity index is 2.59. The lowest BCUT2D eigenvalue weighted by Gasteiger charge is -2.13. The highest BCUT2D eigenvalue weighted by atomic mass is 79.9. The summed E-state index contributed by atoms with van der Waals surface area (Å²) < 4.78 is 0. The van der Waals surface area contributed by atoms with Crippen LogP contribution in [0.15, 0.2) is 11.6 Å². The predicted molar refractivity (Wildman–Crippen MR) is 70.8 cm³/mol. The van der Waals surface area contributed by atoms with Crippen molar-refractivity contribution in [1.29, 1.82) is 0 Å². The summed E-state index contributed by atoms with van der Waals surface area (Å²) in [6.45, 7) is 6.69. The number of rotatable bonds is 2. The van der Waals surface area contributed by atoms with Crippen molar-refractivity contribution in [1.82, 2.24) is 0 Å². The maximum Gasteiger partial charge on any atom is 0.00721 e. The van der Waals surface area contributed by atoms with Crippen molar-refractivity contribution in [2.45, 2.75) is 33.6 Å². The molecule has 0 saturated heterocycles. The van der Waals surface area contributed by atoms with Crippen LogP contribution in [-0.4, -0.2) is 5.33 Å². The summed E-state index contributed by atoms with van der Waals surface area (Å²) in [4.78, 5) is 0. The van der Waals surface area contributed by atoms with Gasteiger partial charge in [-0.1, -0.05) is 33.6 Å². The van der Waals surface area contributed by atoms with Crippen molar-refractivity contribution in [2.24, 2.45) is 0 Å². The van der Waals surface area contributed by atoms with Crippen LogP contribution >= 0.6 is 15.9 Å². The molecule has 0 radical (unpaired) electrons. The third-order valence-electron chi connectivity index (χ3n) is 3.31. The summed E-state index contributed by atoms with van der Waals surface area (Å²) in [7, 11) is 0. The summed E-state index contributed by atoms with van der Waals surface area (Å²) in [5.41, 5.74) is 8.96. The molecular weight excluding hydrogens is 248 g/mol. The summed E-state index contributed by atoms with van der Waals surface area (Å²) in [5, 5.41) is 1.05. The largest absolute Gasteiger partial charge is 0.0924 e. The molecule has 0 aromatic heterocycles. The topological polar surface area (TPSA) is 0 Å². The fraction of sp³-hybridized carbons (Fsp3) is 0.429. The van der Waals surface area contributed by atoms with Gasteiger partial charge in [-0.15, -0.1) is 0 Å². The normalized spacial score (nSPS) is 14.0. The SMILES string of the molecule is CC1=Cc2c(cc(C)c(C)c2CCBr)C1. The van der Waals surface area contributed by atoms with E-state index < -0.39 is 0 Å². The summed E-state index contributed by atoms with van der Waals surface area (Å²) in [6.07, 6.45) is 4.64. The van der Waals surface area contributed by atoms with E-state index in [2.05, 4.69) is 48.8 Å². The Morgan fingerprint density at radius 2 is 2.00 bits per heavy atom. The molecule has 0 saturated carbocycles. The molecule has 0 heterocycles. The Kier molecular flexibility index (Phi) is 3.01. The quantitative estimate of drug-likeness (QED) is 0.703. The first-order chi connectivity index (χ1) is 7.13. The molecule has 0 bridgehead atoms. The maximum absolute atomic E-state index is 3.55. The molecular formula is C14H17Br. The zero-order valence-corrected chi connectivity index (χ0v) is 11.2. The number of alkyl halides is 1. The summed E-state index contributed by atoms with van der Waals surface area (Å²) in [5.74, 6) is 0. The van der Waals surface area contributed by atoms with Crippen LogP contribution in [0, 0.1) is 13.8 Å². The van der Waals surface area contributed by atoms with E-state index in [1.165, 1.54) is 27.8 Å².